The first kappa shape index (κ1) is 20.2. The van der Waals surface area contributed by atoms with E-state index in [2.05, 4.69) is 35.8 Å². The summed E-state index contributed by atoms with van der Waals surface area (Å²) in [6, 6.07) is 16.3. The predicted molar refractivity (Wildman–Crippen MR) is 131 cm³/mol. The largest absolute Gasteiger partial charge is 0.341 e. The maximum Gasteiger partial charge on any atom is 0.202 e. The van der Waals surface area contributed by atoms with E-state index in [-0.39, 0.29) is 5.78 Å². The van der Waals surface area contributed by atoms with Crippen LogP contribution in [0.5, 0.6) is 0 Å². The summed E-state index contributed by atoms with van der Waals surface area (Å²) >= 11 is 1.48. The zero-order valence-electron chi connectivity index (χ0n) is 18.0. The quantitative estimate of drug-likeness (QED) is 0.241. The standard InChI is InChI=1S/C27H28N2OS/c1-2-29-24-13-10-19(23(28)12-9-18-6-3-4-7-18)16-21(24)22-17-20(11-14-25(22)29)27(30)26-8-5-15-31-26/h5,8,10-11,13-18,28H,2-4,6-7,9,12H2,1H3. The fourth-order valence-electron chi connectivity index (χ4n) is 5.12. The molecule has 2 aromatic carbocycles. The Kier molecular flexibility index (Phi) is 5.49. The van der Waals surface area contributed by atoms with Crippen molar-refractivity contribution >= 4 is 44.6 Å². The summed E-state index contributed by atoms with van der Waals surface area (Å²) in [5, 5.41) is 12.9. The van der Waals surface area contributed by atoms with Gasteiger partial charge >= 0.3 is 0 Å². The lowest BCUT2D eigenvalue weighted by molar-refractivity contribution is 0.104. The van der Waals surface area contributed by atoms with Crippen LogP contribution in [0.25, 0.3) is 21.8 Å². The Bertz CT molecular complexity index is 1260. The molecule has 0 radical (unpaired) electrons. The molecule has 1 aliphatic carbocycles. The molecule has 2 heterocycles. The molecule has 31 heavy (non-hydrogen) atoms. The zero-order chi connectivity index (χ0) is 21.4. The number of benzene rings is 2. The predicted octanol–water partition coefficient (Wildman–Crippen LogP) is 7.45. The van der Waals surface area contributed by atoms with Crippen molar-refractivity contribution in [3.63, 3.8) is 0 Å². The second-order valence-electron chi connectivity index (χ2n) is 8.68. The maximum atomic E-state index is 12.9. The molecule has 0 saturated heterocycles. The van der Waals surface area contributed by atoms with E-state index in [1.807, 2.05) is 29.6 Å². The molecule has 1 N–H and O–H groups in total. The molecule has 2 aromatic heterocycles. The number of fused-ring (bicyclic) bond motifs is 3. The molecule has 0 bridgehead atoms. The highest BCUT2D eigenvalue weighted by atomic mass is 32.1. The summed E-state index contributed by atoms with van der Waals surface area (Å²) in [4.78, 5) is 13.7. The van der Waals surface area contributed by atoms with E-state index in [0.29, 0.717) is 0 Å². The first-order valence-corrected chi connectivity index (χ1v) is 12.3. The van der Waals surface area contributed by atoms with Gasteiger partial charge < -0.3 is 9.98 Å². The van der Waals surface area contributed by atoms with Crippen LogP contribution < -0.4 is 0 Å². The molecule has 3 nitrogen and oxygen atoms in total. The normalized spacial score (nSPS) is 14.6. The van der Waals surface area contributed by atoms with Crippen molar-refractivity contribution in [2.24, 2.45) is 5.92 Å². The van der Waals surface area contributed by atoms with E-state index in [0.717, 1.165) is 63.3 Å². The fourth-order valence-corrected chi connectivity index (χ4v) is 5.80. The second-order valence-corrected chi connectivity index (χ2v) is 9.63. The van der Waals surface area contributed by atoms with Crippen molar-refractivity contribution in [3.8, 4) is 0 Å². The van der Waals surface area contributed by atoms with Gasteiger partial charge in [-0.2, -0.15) is 0 Å². The zero-order valence-corrected chi connectivity index (χ0v) is 18.8. The van der Waals surface area contributed by atoms with Crippen LogP contribution in [-0.2, 0) is 6.54 Å². The molecule has 0 aliphatic heterocycles. The maximum absolute atomic E-state index is 12.9. The van der Waals surface area contributed by atoms with Gasteiger partial charge in [-0.05, 0) is 73.0 Å². The molecule has 158 valence electrons. The molecule has 0 atom stereocenters. The average Bonchev–Trinajstić information content (AvgIpc) is 3.56. The second kappa shape index (κ2) is 8.43. The molecule has 0 spiro atoms. The number of carbonyl (C=O) groups is 1. The number of nitrogens with one attached hydrogen (secondary N) is 1. The van der Waals surface area contributed by atoms with Crippen LogP contribution in [0.1, 0.15) is 66.2 Å². The molecular weight excluding hydrogens is 400 g/mol. The minimum Gasteiger partial charge on any atom is -0.341 e. The van der Waals surface area contributed by atoms with E-state index >= 15 is 0 Å². The van der Waals surface area contributed by atoms with Gasteiger partial charge in [0.15, 0.2) is 0 Å². The SMILES string of the molecule is CCn1c2ccc(C(=N)CCC3CCCC3)cc2c2cc(C(=O)c3cccs3)ccc21. The third-order valence-corrected chi connectivity index (χ3v) is 7.68. The number of rotatable bonds is 7. The summed E-state index contributed by atoms with van der Waals surface area (Å²) in [6.07, 6.45) is 7.35. The van der Waals surface area contributed by atoms with Crippen LogP contribution in [0, 0.1) is 11.3 Å². The van der Waals surface area contributed by atoms with Crippen LogP contribution >= 0.6 is 11.3 Å². The van der Waals surface area contributed by atoms with Crippen LogP contribution in [0.4, 0.5) is 0 Å². The molecule has 4 aromatic rings. The lowest BCUT2D eigenvalue weighted by Crippen LogP contribution is -2.03. The van der Waals surface area contributed by atoms with Crippen LogP contribution in [0.2, 0.25) is 0 Å². The number of nitrogens with zero attached hydrogens (tertiary/aromatic N) is 1. The summed E-state index contributed by atoms with van der Waals surface area (Å²) < 4.78 is 2.30. The first-order valence-electron chi connectivity index (χ1n) is 11.4. The lowest BCUT2D eigenvalue weighted by atomic mass is 9.96. The highest BCUT2D eigenvalue weighted by Gasteiger charge is 2.18. The third kappa shape index (κ3) is 3.74. The smallest absolute Gasteiger partial charge is 0.202 e. The van der Waals surface area contributed by atoms with Gasteiger partial charge in [-0.3, -0.25) is 4.79 Å². The fraction of sp³-hybridized carbons (Fsp3) is 0.333. The van der Waals surface area contributed by atoms with Crippen LogP contribution in [0.3, 0.4) is 0 Å². The number of thiophene rings is 1. The van der Waals surface area contributed by atoms with Gasteiger partial charge in [-0.1, -0.05) is 37.8 Å². The summed E-state index contributed by atoms with van der Waals surface area (Å²) in [7, 11) is 0. The molecule has 1 aliphatic rings. The summed E-state index contributed by atoms with van der Waals surface area (Å²) in [5.74, 6) is 0.881. The lowest BCUT2D eigenvalue weighted by Gasteiger charge is -2.10. The number of ketones is 1. The Morgan fingerprint density at radius 2 is 1.71 bits per heavy atom. The van der Waals surface area contributed by atoms with Crippen molar-refractivity contribution in [3.05, 3.63) is 69.9 Å². The molecule has 1 fully saturated rings. The minimum absolute atomic E-state index is 0.0785. The summed E-state index contributed by atoms with van der Waals surface area (Å²) in [6.45, 7) is 3.03. The van der Waals surface area contributed by atoms with E-state index in [1.54, 1.807) is 0 Å². The first-order chi connectivity index (χ1) is 15.2. The van der Waals surface area contributed by atoms with Crippen molar-refractivity contribution < 1.29 is 4.79 Å². The Labute approximate surface area is 187 Å². The molecular formula is C27H28N2OS. The van der Waals surface area contributed by atoms with E-state index in [1.165, 1.54) is 42.5 Å². The third-order valence-electron chi connectivity index (χ3n) is 6.81. The minimum atomic E-state index is 0.0785. The van der Waals surface area contributed by atoms with E-state index in [4.69, 9.17) is 5.41 Å². The van der Waals surface area contributed by atoms with Crippen molar-refractivity contribution in [2.75, 3.05) is 0 Å². The van der Waals surface area contributed by atoms with Gasteiger partial charge in [0.2, 0.25) is 5.78 Å². The Hall–Kier alpha value is -2.72. The van der Waals surface area contributed by atoms with E-state index < -0.39 is 0 Å². The van der Waals surface area contributed by atoms with Gasteiger partial charge in [0.1, 0.15) is 0 Å². The Balaban J connectivity index is 1.53. The molecule has 1 saturated carbocycles. The topological polar surface area (TPSA) is 45.9 Å². The van der Waals surface area contributed by atoms with Crippen molar-refractivity contribution in [1.82, 2.24) is 4.57 Å². The highest BCUT2D eigenvalue weighted by molar-refractivity contribution is 7.12. The van der Waals surface area contributed by atoms with E-state index in [9.17, 15) is 4.79 Å². The van der Waals surface area contributed by atoms with Gasteiger partial charge in [-0.15, -0.1) is 11.3 Å². The Morgan fingerprint density at radius 3 is 2.35 bits per heavy atom. The van der Waals surface area contributed by atoms with Gasteiger partial charge in [0.25, 0.3) is 0 Å². The average molecular weight is 429 g/mol. The van der Waals surface area contributed by atoms with Crippen molar-refractivity contribution in [2.45, 2.75) is 52.0 Å². The summed E-state index contributed by atoms with van der Waals surface area (Å²) in [5.41, 5.74) is 4.79. The highest BCUT2D eigenvalue weighted by Crippen LogP contribution is 2.33. The number of aromatic nitrogens is 1. The number of aryl methyl sites for hydroxylation is 1. The number of hydrogen-bond acceptors (Lipinski definition) is 3. The van der Waals surface area contributed by atoms with Crippen LogP contribution in [0.15, 0.2) is 53.9 Å². The number of carbonyl (C=O) groups excluding carboxylic acids is 1. The van der Waals surface area contributed by atoms with Gasteiger partial charge in [-0.25, -0.2) is 0 Å². The molecule has 0 amide bonds. The Morgan fingerprint density at radius 1 is 1.03 bits per heavy atom. The molecule has 4 heteroatoms. The monoisotopic (exact) mass is 428 g/mol. The van der Waals surface area contributed by atoms with Gasteiger partial charge in [0.05, 0.1) is 4.88 Å². The van der Waals surface area contributed by atoms with Crippen molar-refractivity contribution in [1.29, 1.82) is 5.41 Å². The molecule has 0 unspecified atom stereocenters. The molecule has 5 rings (SSSR count). The number of hydrogen-bond donors (Lipinski definition) is 1. The van der Waals surface area contributed by atoms with Gasteiger partial charge in [0, 0.05) is 39.6 Å². The van der Waals surface area contributed by atoms with Crippen LogP contribution in [-0.4, -0.2) is 16.1 Å².